The second-order valence-electron chi connectivity index (χ2n) is 6.35. The molecule has 1 aliphatic rings. The first-order valence-corrected chi connectivity index (χ1v) is 9.58. The maximum absolute atomic E-state index is 13.8. The van der Waals surface area contributed by atoms with Crippen molar-refractivity contribution in [3.63, 3.8) is 0 Å². The first-order valence-electron chi connectivity index (χ1n) is 8.64. The zero-order valence-corrected chi connectivity index (χ0v) is 15.4. The van der Waals surface area contributed by atoms with Crippen molar-refractivity contribution in [1.29, 1.82) is 0 Å². The summed E-state index contributed by atoms with van der Waals surface area (Å²) in [5.41, 5.74) is 2.37. The SMILES string of the molecule is O=C(CC(c1ccsc1)n1cccc1)NCc1cc(F)cc2c1OCOC2. The fourth-order valence-electron chi connectivity index (χ4n) is 3.25. The average Bonchev–Trinajstić information content (AvgIpc) is 3.38. The third-order valence-electron chi connectivity index (χ3n) is 4.52. The summed E-state index contributed by atoms with van der Waals surface area (Å²) >= 11 is 1.60. The lowest BCUT2D eigenvalue weighted by Crippen LogP contribution is -2.27. The minimum Gasteiger partial charge on any atom is -0.467 e. The van der Waals surface area contributed by atoms with E-state index in [9.17, 15) is 9.18 Å². The summed E-state index contributed by atoms with van der Waals surface area (Å²) < 4.78 is 26.5. The maximum Gasteiger partial charge on any atom is 0.222 e. The standard InChI is InChI=1S/C20H19FN2O3S/c21-17-7-15(20-16(8-17)11-25-13-26-20)10-22-19(24)9-18(14-3-6-27-12-14)23-4-1-2-5-23/h1-8,12,18H,9-11,13H2,(H,22,24). The lowest BCUT2D eigenvalue weighted by Gasteiger charge is -2.21. The highest BCUT2D eigenvalue weighted by Gasteiger charge is 2.20. The fourth-order valence-corrected chi connectivity index (χ4v) is 3.95. The number of thiophene rings is 1. The Morgan fingerprint density at radius 1 is 1.33 bits per heavy atom. The van der Waals surface area contributed by atoms with Gasteiger partial charge in [0.2, 0.25) is 5.91 Å². The number of rotatable bonds is 6. The highest BCUT2D eigenvalue weighted by atomic mass is 32.1. The van der Waals surface area contributed by atoms with Gasteiger partial charge in [-0.15, -0.1) is 0 Å². The van der Waals surface area contributed by atoms with E-state index in [2.05, 4.69) is 10.7 Å². The summed E-state index contributed by atoms with van der Waals surface area (Å²) in [6.07, 6.45) is 4.20. The minimum absolute atomic E-state index is 0.0719. The van der Waals surface area contributed by atoms with Crippen LogP contribution in [0.2, 0.25) is 0 Å². The first-order chi connectivity index (χ1) is 13.2. The quantitative estimate of drug-likeness (QED) is 0.700. The number of carbonyl (C=O) groups excluding carboxylic acids is 1. The van der Waals surface area contributed by atoms with E-state index in [0.29, 0.717) is 29.9 Å². The summed E-state index contributed by atoms with van der Waals surface area (Å²) in [7, 11) is 0. The van der Waals surface area contributed by atoms with Crippen LogP contribution in [0.4, 0.5) is 4.39 Å². The molecule has 0 radical (unpaired) electrons. The number of nitrogens with zero attached hydrogens (tertiary/aromatic N) is 1. The van der Waals surface area contributed by atoms with Crippen LogP contribution in [0.3, 0.4) is 0 Å². The molecule has 3 heterocycles. The highest BCUT2D eigenvalue weighted by molar-refractivity contribution is 7.08. The van der Waals surface area contributed by atoms with E-state index in [1.165, 1.54) is 12.1 Å². The van der Waals surface area contributed by atoms with Gasteiger partial charge in [-0.25, -0.2) is 4.39 Å². The smallest absolute Gasteiger partial charge is 0.222 e. The molecule has 0 aliphatic carbocycles. The number of halogens is 1. The number of ether oxygens (including phenoxy) is 2. The molecule has 1 N–H and O–H groups in total. The highest BCUT2D eigenvalue weighted by Crippen LogP contribution is 2.29. The Labute approximate surface area is 160 Å². The summed E-state index contributed by atoms with van der Waals surface area (Å²) in [6, 6.07) is 8.63. The summed E-state index contributed by atoms with van der Waals surface area (Å²) in [4.78, 5) is 12.6. The Morgan fingerprint density at radius 2 is 2.19 bits per heavy atom. The van der Waals surface area contributed by atoms with Gasteiger partial charge in [-0.2, -0.15) is 11.3 Å². The normalized spacial score (nSPS) is 14.3. The van der Waals surface area contributed by atoms with E-state index in [-0.39, 0.29) is 31.1 Å². The van der Waals surface area contributed by atoms with E-state index >= 15 is 0 Å². The van der Waals surface area contributed by atoms with Gasteiger partial charge in [0.15, 0.2) is 6.79 Å². The van der Waals surface area contributed by atoms with Crippen molar-refractivity contribution in [3.8, 4) is 5.75 Å². The molecule has 0 bridgehead atoms. The zero-order valence-electron chi connectivity index (χ0n) is 14.6. The second-order valence-corrected chi connectivity index (χ2v) is 7.13. The zero-order chi connectivity index (χ0) is 18.6. The minimum atomic E-state index is -0.365. The van der Waals surface area contributed by atoms with E-state index in [4.69, 9.17) is 9.47 Å². The van der Waals surface area contributed by atoms with Crippen molar-refractivity contribution in [3.05, 3.63) is 76.0 Å². The van der Waals surface area contributed by atoms with Crippen molar-refractivity contribution < 1.29 is 18.7 Å². The molecule has 4 rings (SSSR count). The second kappa shape index (κ2) is 7.94. The molecule has 0 saturated heterocycles. The van der Waals surface area contributed by atoms with Crippen LogP contribution in [0.5, 0.6) is 5.75 Å². The lowest BCUT2D eigenvalue weighted by molar-refractivity contribution is -0.121. The van der Waals surface area contributed by atoms with Crippen molar-refractivity contribution in [2.24, 2.45) is 0 Å². The molecule has 0 spiro atoms. The number of aromatic nitrogens is 1. The van der Waals surface area contributed by atoms with Gasteiger partial charge in [0.25, 0.3) is 0 Å². The Balaban J connectivity index is 1.46. The number of hydrogen-bond acceptors (Lipinski definition) is 4. The van der Waals surface area contributed by atoms with Gasteiger partial charge in [0.1, 0.15) is 11.6 Å². The van der Waals surface area contributed by atoms with Crippen LogP contribution in [0.15, 0.2) is 53.5 Å². The molecular weight excluding hydrogens is 367 g/mol. The molecule has 1 amide bonds. The van der Waals surface area contributed by atoms with E-state index < -0.39 is 0 Å². The number of hydrogen-bond donors (Lipinski definition) is 1. The largest absolute Gasteiger partial charge is 0.467 e. The Morgan fingerprint density at radius 3 is 2.96 bits per heavy atom. The van der Waals surface area contributed by atoms with Crippen molar-refractivity contribution in [1.82, 2.24) is 9.88 Å². The van der Waals surface area contributed by atoms with Gasteiger partial charge in [0, 0.05) is 30.1 Å². The Kier molecular flexibility index (Phi) is 5.22. The average molecular weight is 386 g/mol. The molecule has 1 aromatic carbocycles. The van der Waals surface area contributed by atoms with Crippen molar-refractivity contribution in [2.75, 3.05) is 6.79 Å². The summed E-state index contributed by atoms with van der Waals surface area (Å²) in [5, 5.41) is 6.95. The molecule has 1 unspecified atom stereocenters. The molecule has 1 atom stereocenters. The van der Waals surface area contributed by atoms with Crippen molar-refractivity contribution >= 4 is 17.2 Å². The Hall–Kier alpha value is -2.64. The predicted molar refractivity (Wildman–Crippen MR) is 100 cm³/mol. The monoisotopic (exact) mass is 386 g/mol. The molecule has 0 fully saturated rings. The predicted octanol–water partition coefficient (Wildman–Crippen LogP) is 3.85. The van der Waals surface area contributed by atoms with Gasteiger partial charge in [-0.05, 0) is 46.7 Å². The van der Waals surface area contributed by atoms with Crippen LogP contribution in [-0.2, 0) is 22.7 Å². The molecular formula is C20H19FN2O3S. The molecule has 1 aliphatic heterocycles. The van der Waals surface area contributed by atoms with Crippen LogP contribution in [-0.4, -0.2) is 17.3 Å². The topological polar surface area (TPSA) is 52.5 Å². The van der Waals surface area contributed by atoms with Gasteiger partial charge in [-0.1, -0.05) is 0 Å². The van der Waals surface area contributed by atoms with Gasteiger partial charge in [-0.3, -0.25) is 4.79 Å². The van der Waals surface area contributed by atoms with E-state index in [0.717, 1.165) is 5.56 Å². The summed E-state index contributed by atoms with van der Waals surface area (Å²) in [5.74, 6) is 0.128. The summed E-state index contributed by atoms with van der Waals surface area (Å²) in [6.45, 7) is 0.649. The Bertz CT molecular complexity index is 875. The molecule has 3 aromatic rings. The molecule has 2 aromatic heterocycles. The maximum atomic E-state index is 13.8. The van der Waals surface area contributed by atoms with Crippen LogP contribution in [0, 0.1) is 5.82 Å². The molecule has 0 saturated carbocycles. The molecule has 27 heavy (non-hydrogen) atoms. The number of carbonyl (C=O) groups is 1. The number of amides is 1. The van der Waals surface area contributed by atoms with E-state index in [1.54, 1.807) is 11.3 Å². The van der Waals surface area contributed by atoms with Gasteiger partial charge < -0.3 is 19.4 Å². The fraction of sp³-hybridized carbons (Fsp3) is 0.250. The van der Waals surface area contributed by atoms with Gasteiger partial charge >= 0.3 is 0 Å². The molecule has 5 nitrogen and oxygen atoms in total. The molecule has 140 valence electrons. The van der Waals surface area contributed by atoms with Gasteiger partial charge in [0.05, 0.1) is 19.1 Å². The van der Waals surface area contributed by atoms with Crippen molar-refractivity contribution in [2.45, 2.75) is 25.6 Å². The number of fused-ring (bicyclic) bond motifs is 1. The third-order valence-corrected chi connectivity index (χ3v) is 5.22. The molecule has 7 heteroatoms. The first kappa shape index (κ1) is 17.8. The lowest BCUT2D eigenvalue weighted by atomic mass is 10.1. The number of nitrogens with one attached hydrogen (secondary N) is 1. The number of benzene rings is 1. The third kappa shape index (κ3) is 4.04. The van der Waals surface area contributed by atoms with Crippen LogP contribution >= 0.6 is 11.3 Å². The van der Waals surface area contributed by atoms with E-state index in [1.807, 2.05) is 40.5 Å². The van der Waals surface area contributed by atoms with Crippen LogP contribution < -0.4 is 10.1 Å². The van der Waals surface area contributed by atoms with Crippen LogP contribution in [0.25, 0.3) is 0 Å². The van der Waals surface area contributed by atoms with Crippen LogP contribution in [0.1, 0.15) is 29.2 Å².